The minimum atomic E-state index is -0.933. The van der Waals surface area contributed by atoms with E-state index in [1.807, 2.05) is 0 Å². The van der Waals surface area contributed by atoms with Gasteiger partial charge in [-0.1, -0.05) is 0 Å². The first kappa shape index (κ1) is 10.1. The molecule has 0 fully saturated rings. The van der Waals surface area contributed by atoms with Gasteiger partial charge in [0.1, 0.15) is 11.6 Å². The number of hydrogen-bond donors (Lipinski definition) is 0. The van der Waals surface area contributed by atoms with Crippen molar-refractivity contribution in [1.82, 2.24) is 0 Å². The number of nitriles is 1. The van der Waals surface area contributed by atoms with Gasteiger partial charge in [0.25, 0.3) is 0 Å². The third kappa shape index (κ3) is 2.02. The van der Waals surface area contributed by atoms with E-state index in [-0.39, 0.29) is 11.8 Å². The monoisotopic (exact) mass is 193 g/mol. The Bertz CT molecular complexity index is 409. The van der Waals surface area contributed by atoms with Crippen molar-refractivity contribution in [3.05, 3.63) is 41.0 Å². The van der Waals surface area contributed by atoms with Crippen LogP contribution in [0.2, 0.25) is 0 Å². The predicted molar refractivity (Wildman–Crippen MR) is 46.4 cm³/mol. The third-order valence-corrected chi connectivity index (χ3v) is 1.57. The van der Waals surface area contributed by atoms with Crippen LogP contribution in [0, 0.1) is 23.0 Å². The Hall–Kier alpha value is -2.02. The zero-order valence-corrected chi connectivity index (χ0v) is 7.00. The van der Waals surface area contributed by atoms with Crippen molar-refractivity contribution in [2.75, 3.05) is 0 Å². The van der Waals surface area contributed by atoms with Crippen LogP contribution in [0.25, 0.3) is 6.08 Å². The summed E-state index contributed by atoms with van der Waals surface area (Å²) in [6, 6.07) is 3.66. The molecule has 0 aliphatic rings. The summed E-state index contributed by atoms with van der Waals surface area (Å²) in [4.78, 5) is 10.2. The van der Waals surface area contributed by atoms with Crippen molar-refractivity contribution in [3.8, 4) is 6.07 Å². The van der Waals surface area contributed by atoms with E-state index in [1.54, 1.807) is 6.07 Å². The lowest BCUT2D eigenvalue weighted by Gasteiger charge is -1.98. The number of carbonyl (C=O) groups excluding carboxylic acids is 1. The van der Waals surface area contributed by atoms with E-state index >= 15 is 0 Å². The number of hydrogen-bond acceptors (Lipinski definition) is 2. The Balaban J connectivity index is 3.22. The molecule has 0 unspecified atom stereocenters. The highest BCUT2D eigenvalue weighted by Crippen LogP contribution is 2.14. The van der Waals surface area contributed by atoms with Crippen LogP contribution in [0.4, 0.5) is 8.78 Å². The van der Waals surface area contributed by atoms with Crippen molar-refractivity contribution in [2.45, 2.75) is 0 Å². The fourth-order valence-electron chi connectivity index (χ4n) is 0.946. The minimum absolute atomic E-state index is 0.114. The van der Waals surface area contributed by atoms with Crippen LogP contribution in [-0.2, 0) is 0 Å². The molecule has 0 heterocycles. The second-order valence-corrected chi connectivity index (χ2v) is 2.48. The first-order chi connectivity index (χ1) is 6.69. The molecule has 0 radical (unpaired) electrons. The molecule has 14 heavy (non-hydrogen) atoms. The second kappa shape index (κ2) is 4.28. The van der Waals surface area contributed by atoms with Crippen molar-refractivity contribution >= 4 is 12.4 Å². The van der Waals surface area contributed by atoms with Gasteiger partial charge in [-0.05, 0) is 23.8 Å². The molecule has 0 saturated heterocycles. The fraction of sp³-hybridized carbons (Fsp3) is 0. The zero-order chi connectivity index (χ0) is 10.6. The van der Waals surface area contributed by atoms with Crippen LogP contribution in [0.1, 0.15) is 15.9 Å². The van der Waals surface area contributed by atoms with Gasteiger partial charge in [0.2, 0.25) is 0 Å². The summed E-state index contributed by atoms with van der Waals surface area (Å²) in [7, 11) is 0. The summed E-state index contributed by atoms with van der Waals surface area (Å²) < 4.78 is 25.9. The van der Waals surface area contributed by atoms with Crippen molar-refractivity contribution < 1.29 is 13.6 Å². The summed E-state index contributed by atoms with van der Waals surface area (Å²) in [5.74, 6) is -1.87. The molecule has 70 valence electrons. The smallest absolute Gasteiger partial charge is 0.155 e. The molecule has 0 amide bonds. The van der Waals surface area contributed by atoms with E-state index in [1.165, 1.54) is 6.08 Å². The van der Waals surface area contributed by atoms with E-state index in [9.17, 15) is 13.6 Å². The van der Waals surface area contributed by atoms with Crippen molar-refractivity contribution in [3.63, 3.8) is 0 Å². The molecule has 1 aromatic rings. The van der Waals surface area contributed by atoms with Crippen LogP contribution < -0.4 is 0 Å². The summed E-state index contributed by atoms with van der Waals surface area (Å²) in [5.41, 5.74) is -0.397. The lowest BCUT2D eigenvalue weighted by atomic mass is 10.1. The highest BCUT2D eigenvalue weighted by Gasteiger charge is 2.08. The Morgan fingerprint density at radius 1 is 1.29 bits per heavy atom. The molecule has 1 rings (SSSR count). The highest BCUT2D eigenvalue weighted by atomic mass is 19.1. The fourth-order valence-corrected chi connectivity index (χ4v) is 0.946. The van der Waals surface area contributed by atoms with Gasteiger partial charge in [-0.15, -0.1) is 0 Å². The van der Waals surface area contributed by atoms with Gasteiger partial charge in [-0.25, -0.2) is 8.78 Å². The maximum atomic E-state index is 13.0. The summed E-state index contributed by atoms with van der Waals surface area (Å²) in [6.07, 6.45) is 2.46. The minimum Gasteiger partial charge on any atom is -0.298 e. The molecule has 0 saturated carbocycles. The molecule has 0 aliphatic carbocycles. The Morgan fingerprint density at radius 3 is 2.29 bits per heavy atom. The van der Waals surface area contributed by atoms with Crippen LogP contribution in [0.15, 0.2) is 18.2 Å². The molecule has 0 N–H and O–H groups in total. The number of allylic oxidation sites excluding steroid dienone is 1. The normalized spacial score (nSPS) is 10.1. The topological polar surface area (TPSA) is 40.9 Å². The second-order valence-electron chi connectivity index (χ2n) is 2.48. The van der Waals surface area contributed by atoms with Gasteiger partial charge < -0.3 is 0 Å². The predicted octanol–water partition coefficient (Wildman–Crippen LogP) is 2.31. The molecule has 0 aliphatic heterocycles. The average molecular weight is 193 g/mol. The Morgan fingerprint density at radius 2 is 1.86 bits per heavy atom. The van der Waals surface area contributed by atoms with Crippen molar-refractivity contribution in [1.29, 1.82) is 5.26 Å². The number of aldehydes is 1. The maximum absolute atomic E-state index is 13.0. The first-order valence-electron chi connectivity index (χ1n) is 3.69. The van der Waals surface area contributed by atoms with E-state index in [4.69, 9.17) is 5.26 Å². The average Bonchev–Trinajstić information content (AvgIpc) is 2.14. The van der Waals surface area contributed by atoms with E-state index in [0.29, 0.717) is 0 Å². The highest BCUT2D eigenvalue weighted by molar-refractivity contribution is 5.76. The van der Waals surface area contributed by atoms with Gasteiger partial charge in [-0.3, -0.25) is 4.79 Å². The van der Waals surface area contributed by atoms with E-state index in [2.05, 4.69) is 0 Å². The maximum Gasteiger partial charge on any atom is 0.155 e. The summed E-state index contributed by atoms with van der Waals surface area (Å²) in [6.45, 7) is 0. The van der Waals surface area contributed by atoms with Gasteiger partial charge >= 0.3 is 0 Å². The Labute approximate surface area is 79.1 Å². The molecular formula is C10H5F2NO. The van der Waals surface area contributed by atoms with Crippen LogP contribution in [-0.4, -0.2) is 6.29 Å². The number of benzene rings is 1. The van der Waals surface area contributed by atoms with E-state index in [0.717, 1.165) is 18.2 Å². The number of nitrogens with zero attached hydrogens (tertiary/aromatic N) is 1. The number of carbonyl (C=O) groups is 1. The van der Waals surface area contributed by atoms with Gasteiger partial charge in [0, 0.05) is 6.08 Å². The molecule has 0 bridgehead atoms. The molecule has 4 heteroatoms. The Kier molecular flexibility index (Phi) is 3.08. The molecule has 2 nitrogen and oxygen atoms in total. The molecule has 1 aromatic carbocycles. The standard InChI is InChI=1S/C10H5F2NO/c11-9-4-7(2-1-3-13)5-10(12)8(9)6-14/h1-2,4-6H. The molecule has 0 spiro atoms. The lowest BCUT2D eigenvalue weighted by Crippen LogP contribution is -1.94. The first-order valence-corrected chi connectivity index (χ1v) is 3.69. The SMILES string of the molecule is N#CC=Cc1cc(F)c(C=O)c(F)c1. The van der Waals surface area contributed by atoms with Crippen LogP contribution in [0.5, 0.6) is 0 Å². The third-order valence-electron chi connectivity index (χ3n) is 1.57. The number of halogens is 2. The zero-order valence-electron chi connectivity index (χ0n) is 7.00. The van der Waals surface area contributed by atoms with Crippen LogP contribution >= 0.6 is 0 Å². The van der Waals surface area contributed by atoms with E-state index < -0.39 is 17.2 Å². The quantitative estimate of drug-likeness (QED) is 0.534. The summed E-state index contributed by atoms with van der Waals surface area (Å²) >= 11 is 0. The van der Waals surface area contributed by atoms with Gasteiger partial charge in [0.05, 0.1) is 11.6 Å². The molecular weight excluding hydrogens is 188 g/mol. The lowest BCUT2D eigenvalue weighted by molar-refractivity contribution is 0.111. The molecule has 0 atom stereocenters. The number of rotatable bonds is 2. The van der Waals surface area contributed by atoms with Crippen molar-refractivity contribution in [2.24, 2.45) is 0 Å². The van der Waals surface area contributed by atoms with Crippen LogP contribution in [0.3, 0.4) is 0 Å². The summed E-state index contributed by atoms with van der Waals surface area (Å²) in [5, 5.41) is 8.19. The van der Waals surface area contributed by atoms with Gasteiger partial charge in [0.15, 0.2) is 6.29 Å². The van der Waals surface area contributed by atoms with Gasteiger partial charge in [-0.2, -0.15) is 5.26 Å². The molecule has 0 aromatic heterocycles. The largest absolute Gasteiger partial charge is 0.298 e.